The third kappa shape index (κ3) is 5.45. The molecule has 2 rings (SSSR count). The Morgan fingerprint density at radius 3 is 2.26 bits per heavy atom. The number of amides is 1. The van der Waals surface area contributed by atoms with Crippen LogP contribution in [0.1, 0.15) is 25.3 Å². The number of nitrogens with one attached hydrogen (secondary N) is 2. The van der Waals surface area contributed by atoms with Crippen molar-refractivity contribution < 1.29 is 22.7 Å². The third-order valence-electron chi connectivity index (χ3n) is 3.94. The minimum Gasteiger partial charge on any atom is -0.497 e. The van der Waals surface area contributed by atoms with Gasteiger partial charge in [0, 0.05) is 11.8 Å². The number of ether oxygens (including phenoxy) is 2. The Hall–Kier alpha value is -2.58. The van der Waals surface area contributed by atoms with Gasteiger partial charge in [-0.25, -0.2) is 13.1 Å². The molecule has 0 radical (unpaired) electrons. The van der Waals surface area contributed by atoms with E-state index in [9.17, 15) is 13.2 Å². The van der Waals surface area contributed by atoms with Crippen LogP contribution in [0.15, 0.2) is 47.4 Å². The van der Waals surface area contributed by atoms with Crippen molar-refractivity contribution >= 4 is 21.6 Å². The maximum absolute atomic E-state index is 12.5. The van der Waals surface area contributed by atoms with Gasteiger partial charge in [-0.3, -0.25) is 4.79 Å². The number of hydrogen-bond donors (Lipinski definition) is 2. The summed E-state index contributed by atoms with van der Waals surface area (Å²) >= 11 is 0. The van der Waals surface area contributed by atoms with Gasteiger partial charge in [-0.15, -0.1) is 0 Å². The second-order valence-corrected chi connectivity index (χ2v) is 7.90. The first-order valence-corrected chi connectivity index (χ1v) is 9.86. The fraction of sp³-hybridized carbons (Fsp3) is 0.316. The Bertz CT molecular complexity index is 893. The molecule has 0 heterocycles. The Morgan fingerprint density at radius 2 is 1.70 bits per heavy atom. The summed E-state index contributed by atoms with van der Waals surface area (Å²) < 4.78 is 37.5. The van der Waals surface area contributed by atoms with Gasteiger partial charge in [-0.2, -0.15) is 0 Å². The predicted molar refractivity (Wildman–Crippen MR) is 104 cm³/mol. The molecule has 8 heteroatoms. The number of sulfonamides is 1. The predicted octanol–water partition coefficient (Wildman–Crippen LogP) is 2.74. The minimum atomic E-state index is -3.96. The highest BCUT2D eigenvalue weighted by atomic mass is 32.2. The second kappa shape index (κ2) is 8.88. The average Bonchev–Trinajstić information content (AvgIpc) is 2.66. The smallest absolute Gasteiger partial charge is 0.244 e. The first-order valence-electron chi connectivity index (χ1n) is 8.38. The first kappa shape index (κ1) is 20.7. The zero-order valence-electron chi connectivity index (χ0n) is 15.8. The molecule has 0 saturated heterocycles. The van der Waals surface area contributed by atoms with E-state index in [0.717, 1.165) is 5.56 Å². The molecule has 0 aliphatic carbocycles. The fourth-order valence-corrected chi connectivity index (χ4v) is 3.55. The lowest BCUT2D eigenvalue weighted by molar-refractivity contribution is -0.115. The van der Waals surface area contributed by atoms with Crippen LogP contribution in [0.2, 0.25) is 0 Å². The topological polar surface area (TPSA) is 93.7 Å². The lowest BCUT2D eigenvalue weighted by Crippen LogP contribution is -2.33. The maximum atomic E-state index is 12.5. The second-order valence-electron chi connectivity index (χ2n) is 6.17. The van der Waals surface area contributed by atoms with E-state index >= 15 is 0 Å². The standard InChI is InChI=1S/C19H24N2O5S/c1-13(2)14-5-7-15(8-6-14)21-19(22)12-20-27(23,24)18-11-16(25-3)9-10-17(18)26-4/h5-11,13,20H,12H2,1-4H3,(H,21,22). The normalized spacial score (nSPS) is 11.3. The largest absolute Gasteiger partial charge is 0.497 e. The summed E-state index contributed by atoms with van der Waals surface area (Å²) in [5.74, 6) is 0.441. The van der Waals surface area contributed by atoms with Crippen LogP contribution in [0, 0.1) is 0 Å². The highest BCUT2D eigenvalue weighted by Crippen LogP contribution is 2.27. The molecule has 27 heavy (non-hydrogen) atoms. The quantitative estimate of drug-likeness (QED) is 0.720. The van der Waals surface area contributed by atoms with Crippen LogP contribution in [0.4, 0.5) is 5.69 Å². The van der Waals surface area contributed by atoms with Gasteiger partial charge in [-0.1, -0.05) is 26.0 Å². The number of anilines is 1. The molecule has 0 aliphatic rings. The van der Waals surface area contributed by atoms with Crippen molar-refractivity contribution in [3.05, 3.63) is 48.0 Å². The van der Waals surface area contributed by atoms with E-state index in [1.807, 2.05) is 12.1 Å². The molecule has 146 valence electrons. The number of methoxy groups -OCH3 is 2. The highest BCUT2D eigenvalue weighted by molar-refractivity contribution is 7.89. The lowest BCUT2D eigenvalue weighted by atomic mass is 10.0. The molecule has 0 fully saturated rings. The van der Waals surface area contributed by atoms with Crippen molar-refractivity contribution in [3.8, 4) is 11.5 Å². The first-order chi connectivity index (χ1) is 12.8. The van der Waals surface area contributed by atoms with Crippen LogP contribution in [-0.4, -0.2) is 35.1 Å². The highest BCUT2D eigenvalue weighted by Gasteiger charge is 2.21. The zero-order chi connectivity index (χ0) is 20.0. The van der Waals surface area contributed by atoms with Crippen LogP contribution < -0.4 is 19.5 Å². The van der Waals surface area contributed by atoms with Gasteiger partial charge in [0.15, 0.2) is 0 Å². The molecule has 2 aromatic carbocycles. The Morgan fingerprint density at radius 1 is 1.04 bits per heavy atom. The molecule has 2 aromatic rings. The summed E-state index contributed by atoms with van der Waals surface area (Å²) in [6, 6.07) is 11.8. The summed E-state index contributed by atoms with van der Waals surface area (Å²) in [6.45, 7) is 3.75. The Labute approximate surface area is 159 Å². The van der Waals surface area contributed by atoms with Gasteiger partial charge in [0.1, 0.15) is 16.4 Å². The maximum Gasteiger partial charge on any atom is 0.244 e. The van der Waals surface area contributed by atoms with Gasteiger partial charge in [0.05, 0.1) is 20.8 Å². The van der Waals surface area contributed by atoms with Gasteiger partial charge < -0.3 is 14.8 Å². The summed E-state index contributed by atoms with van der Waals surface area (Å²) in [4.78, 5) is 12.0. The minimum absolute atomic E-state index is 0.0987. The lowest BCUT2D eigenvalue weighted by Gasteiger charge is -2.12. The molecular weight excluding hydrogens is 368 g/mol. The Balaban J connectivity index is 2.05. The molecule has 0 aliphatic heterocycles. The number of benzene rings is 2. The molecule has 0 spiro atoms. The molecule has 7 nitrogen and oxygen atoms in total. The van der Waals surface area contributed by atoms with Crippen LogP contribution in [0.3, 0.4) is 0 Å². The Kier molecular flexibility index (Phi) is 6.81. The molecular formula is C19H24N2O5S. The van der Waals surface area contributed by atoms with Crippen LogP contribution in [0.25, 0.3) is 0 Å². The van der Waals surface area contributed by atoms with Crippen LogP contribution in [0.5, 0.6) is 11.5 Å². The average molecular weight is 392 g/mol. The third-order valence-corrected chi connectivity index (χ3v) is 5.37. The summed E-state index contributed by atoms with van der Waals surface area (Å²) in [5.41, 5.74) is 1.75. The molecule has 0 saturated carbocycles. The fourth-order valence-electron chi connectivity index (χ4n) is 2.39. The summed E-state index contributed by atoms with van der Waals surface area (Å²) in [5, 5.41) is 2.66. The van der Waals surface area contributed by atoms with Gasteiger partial charge in [0.25, 0.3) is 0 Å². The van der Waals surface area contributed by atoms with E-state index in [1.54, 1.807) is 18.2 Å². The number of carbonyl (C=O) groups is 1. The monoisotopic (exact) mass is 392 g/mol. The van der Waals surface area contributed by atoms with Crippen LogP contribution >= 0.6 is 0 Å². The van der Waals surface area contributed by atoms with Crippen molar-refractivity contribution in [1.29, 1.82) is 0 Å². The van der Waals surface area contributed by atoms with Crippen molar-refractivity contribution in [2.75, 3.05) is 26.1 Å². The van der Waals surface area contributed by atoms with Gasteiger partial charge >= 0.3 is 0 Å². The van der Waals surface area contributed by atoms with E-state index in [4.69, 9.17) is 9.47 Å². The zero-order valence-corrected chi connectivity index (χ0v) is 16.6. The number of rotatable bonds is 8. The number of carbonyl (C=O) groups excluding carboxylic acids is 1. The van der Waals surface area contributed by atoms with Crippen LogP contribution in [-0.2, 0) is 14.8 Å². The van der Waals surface area contributed by atoms with Crippen molar-refractivity contribution in [1.82, 2.24) is 4.72 Å². The van der Waals surface area contributed by atoms with Crippen molar-refractivity contribution in [2.24, 2.45) is 0 Å². The van der Waals surface area contributed by atoms with E-state index in [-0.39, 0.29) is 10.6 Å². The number of hydrogen-bond acceptors (Lipinski definition) is 5. The van der Waals surface area contributed by atoms with E-state index in [1.165, 1.54) is 26.4 Å². The molecule has 0 unspecified atom stereocenters. The van der Waals surface area contributed by atoms with Crippen molar-refractivity contribution in [3.63, 3.8) is 0 Å². The van der Waals surface area contributed by atoms with Gasteiger partial charge in [0.2, 0.25) is 15.9 Å². The summed E-state index contributed by atoms with van der Waals surface area (Å²) in [7, 11) is -1.15. The molecule has 1 amide bonds. The van der Waals surface area contributed by atoms with Crippen molar-refractivity contribution in [2.45, 2.75) is 24.7 Å². The molecule has 0 bridgehead atoms. The van der Waals surface area contributed by atoms with E-state index in [2.05, 4.69) is 23.9 Å². The SMILES string of the molecule is COc1ccc(OC)c(S(=O)(=O)NCC(=O)Nc2ccc(C(C)C)cc2)c1. The molecule has 2 N–H and O–H groups in total. The summed E-state index contributed by atoms with van der Waals surface area (Å²) in [6.07, 6.45) is 0. The molecule has 0 atom stereocenters. The molecule has 0 aromatic heterocycles. The van der Waals surface area contributed by atoms with Gasteiger partial charge in [-0.05, 0) is 35.7 Å². The van der Waals surface area contributed by atoms with E-state index in [0.29, 0.717) is 17.4 Å². The van der Waals surface area contributed by atoms with E-state index < -0.39 is 22.5 Å².